The third-order valence-corrected chi connectivity index (χ3v) is 4.55. The lowest BCUT2D eigenvalue weighted by Crippen LogP contribution is -2.46. The van der Waals surface area contributed by atoms with Crippen molar-refractivity contribution in [1.82, 2.24) is 14.9 Å². The van der Waals surface area contributed by atoms with E-state index in [1.54, 1.807) is 0 Å². The molecule has 0 amide bonds. The van der Waals surface area contributed by atoms with Gasteiger partial charge in [0.2, 0.25) is 5.95 Å². The summed E-state index contributed by atoms with van der Waals surface area (Å²) in [5.41, 5.74) is 2.09. The number of hydrogen-bond acceptors (Lipinski definition) is 5. The average molecular weight is 375 g/mol. The van der Waals surface area contributed by atoms with Gasteiger partial charge in [0.05, 0.1) is 11.6 Å². The quantitative estimate of drug-likeness (QED) is 0.804. The summed E-state index contributed by atoms with van der Waals surface area (Å²) < 4.78 is 37.2. The fourth-order valence-corrected chi connectivity index (χ4v) is 3.06. The van der Waals surface area contributed by atoms with E-state index in [0.717, 1.165) is 18.7 Å². The van der Waals surface area contributed by atoms with Gasteiger partial charge >= 0.3 is 6.18 Å². The van der Waals surface area contributed by atoms with Gasteiger partial charge in [-0.15, -0.1) is 0 Å². The lowest BCUT2D eigenvalue weighted by Gasteiger charge is -2.35. The van der Waals surface area contributed by atoms with Gasteiger partial charge in [-0.3, -0.25) is 4.90 Å². The molecule has 5 nitrogen and oxygen atoms in total. The topological polar surface area (TPSA) is 56.1 Å². The second-order valence-corrected chi connectivity index (χ2v) is 6.50. The number of aryl methyl sites for hydroxylation is 1. The molecule has 1 saturated heterocycles. The van der Waals surface area contributed by atoms with E-state index in [1.807, 2.05) is 29.2 Å². The average Bonchev–Trinajstić information content (AvgIpc) is 2.67. The molecular formula is C19H20F3N5. The standard InChI is InChI=1S/C19H20F3N5/c20-19(21,22)7-5-17-6-8-24-18(25-17)27-11-9-26(10-12-27)14-16-4-2-1-3-15(16)13-23/h1-4,6,8H,5,7,9-12,14H2. The zero-order valence-electron chi connectivity index (χ0n) is 14.8. The van der Waals surface area contributed by atoms with Crippen LogP contribution >= 0.6 is 0 Å². The van der Waals surface area contributed by atoms with Gasteiger partial charge in [-0.25, -0.2) is 9.97 Å². The molecule has 1 aromatic heterocycles. The monoisotopic (exact) mass is 375 g/mol. The van der Waals surface area contributed by atoms with Crippen LogP contribution in [0.25, 0.3) is 0 Å². The number of halogens is 3. The number of nitriles is 1. The van der Waals surface area contributed by atoms with Crippen LogP contribution in [0, 0.1) is 11.3 Å². The van der Waals surface area contributed by atoms with E-state index in [2.05, 4.69) is 20.9 Å². The van der Waals surface area contributed by atoms with Crippen LogP contribution in [0.3, 0.4) is 0 Å². The first-order chi connectivity index (χ1) is 12.9. The Morgan fingerprint density at radius 3 is 2.52 bits per heavy atom. The minimum atomic E-state index is -4.18. The molecule has 2 heterocycles. The molecule has 1 aliphatic rings. The maximum atomic E-state index is 12.4. The van der Waals surface area contributed by atoms with Gasteiger partial charge in [0.25, 0.3) is 0 Å². The van der Waals surface area contributed by atoms with Crippen LogP contribution in [0.5, 0.6) is 0 Å². The molecule has 0 unspecified atom stereocenters. The molecule has 0 aliphatic carbocycles. The summed E-state index contributed by atoms with van der Waals surface area (Å²) in [4.78, 5) is 12.7. The second-order valence-electron chi connectivity index (χ2n) is 6.50. The highest BCUT2D eigenvalue weighted by Crippen LogP contribution is 2.22. The maximum Gasteiger partial charge on any atom is 0.389 e. The third-order valence-electron chi connectivity index (χ3n) is 4.55. The molecule has 0 radical (unpaired) electrons. The number of rotatable bonds is 5. The lowest BCUT2D eigenvalue weighted by atomic mass is 10.1. The van der Waals surface area contributed by atoms with Crippen molar-refractivity contribution < 1.29 is 13.2 Å². The summed E-state index contributed by atoms with van der Waals surface area (Å²) in [6.45, 7) is 3.63. The van der Waals surface area contributed by atoms with Crippen molar-refractivity contribution in [3.63, 3.8) is 0 Å². The highest BCUT2D eigenvalue weighted by molar-refractivity contribution is 5.37. The summed E-state index contributed by atoms with van der Waals surface area (Å²) in [6.07, 6.45) is -3.68. The van der Waals surface area contributed by atoms with Gasteiger partial charge in [-0.1, -0.05) is 18.2 Å². The molecule has 0 spiro atoms. The van der Waals surface area contributed by atoms with Crippen LogP contribution in [-0.2, 0) is 13.0 Å². The summed E-state index contributed by atoms with van der Waals surface area (Å²) in [7, 11) is 0. The van der Waals surface area contributed by atoms with E-state index in [-0.39, 0.29) is 6.42 Å². The third kappa shape index (κ3) is 5.41. The molecule has 2 aromatic rings. The molecule has 1 aromatic carbocycles. The smallest absolute Gasteiger partial charge is 0.338 e. The van der Waals surface area contributed by atoms with Gasteiger partial charge in [0.15, 0.2) is 0 Å². The molecule has 27 heavy (non-hydrogen) atoms. The van der Waals surface area contributed by atoms with Gasteiger partial charge in [-0.2, -0.15) is 18.4 Å². The fourth-order valence-electron chi connectivity index (χ4n) is 3.06. The Balaban J connectivity index is 1.57. The SMILES string of the molecule is N#Cc1ccccc1CN1CCN(c2nccc(CCC(F)(F)F)n2)CC1. The molecule has 1 aliphatic heterocycles. The van der Waals surface area contributed by atoms with Crippen LogP contribution in [-0.4, -0.2) is 47.2 Å². The van der Waals surface area contributed by atoms with Crippen molar-refractivity contribution in [1.29, 1.82) is 5.26 Å². The molecule has 0 N–H and O–H groups in total. The van der Waals surface area contributed by atoms with Gasteiger partial charge in [-0.05, 0) is 24.1 Å². The van der Waals surface area contributed by atoms with Gasteiger partial charge in [0, 0.05) is 51.0 Å². The molecule has 0 saturated carbocycles. The van der Waals surface area contributed by atoms with E-state index in [0.29, 0.717) is 36.8 Å². The number of nitrogens with zero attached hydrogens (tertiary/aromatic N) is 5. The molecule has 0 bridgehead atoms. The normalized spacial score (nSPS) is 15.6. The first-order valence-electron chi connectivity index (χ1n) is 8.78. The molecular weight excluding hydrogens is 355 g/mol. The van der Waals surface area contributed by atoms with Crippen molar-refractivity contribution >= 4 is 5.95 Å². The van der Waals surface area contributed by atoms with Crippen molar-refractivity contribution in [3.8, 4) is 6.07 Å². The molecule has 0 atom stereocenters. The van der Waals surface area contributed by atoms with Crippen molar-refractivity contribution in [2.24, 2.45) is 0 Å². The van der Waals surface area contributed by atoms with Crippen molar-refractivity contribution in [3.05, 3.63) is 53.3 Å². The first kappa shape index (κ1) is 19.1. The van der Waals surface area contributed by atoms with Gasteiger partial charge in [0.1, 0.15) is 0 Å². The van der Waals surface area contributed by atoms with Crippen molar-refractivity contribution in [2.75, 3.05) is 31.1 Å². The van der Waals surface area contributed by atoms with E-state index in [4.69, 9.17) is 0 Å². The van der Waals surface area contributed by atoms with Crippen LogP contribution in [0.2, 0.25) is 0 Å². The number of piperazine rings is 1. The number of alkyl halides is 3. The lowest BCUT2D eigenvalue weighted by molar-refractivity contribution is -0.134. The van der Waals surface area contributed by atoms with Crippen LogP contribution in [0.15, 0.2) is 36.5 Å². The number of aromatic nitrogens is 2. The van der Waals surface area contributed by atoms with Crippen LogP contribution in [0.1, 0.15) is 23.2 Å². The first-order valence-corrected chi connectivity index (χ1v) is 8.78. The zero-order valence-corrected chi connectivity index (χ0v) is 14.8. The van der Waals surface area contributed by atoms with Crippen LogP contribution < -0.4 is 4.90 Å². The highest BCUT2D eigenvalue weighted by Gasteiger charge is 2.27. The fraction of sp³-hybridized carbons (Fsp3) is 0.421. The highest BCUT2D eigenvalue weighted by atomic mass is 19.4. The Morgan fingerprint density at radius 2 is 1.81 bits per heavy atom. The van der Waals surface area contributed by atoms with E-state index in [9.17, 15) is 18.4 Å². The summed E-state index contributed by atoms with van der Waals surface area (Å²) in [5.74, 6) is 0.478. The Kier molecular flexibility index (Phi) is 5.91. The Hall–Kier alpha value is -2.66. The number of anilines is 1. The zero-order chi connectivity index (χ0) is 19.3. The summed E-state index contributed by atoms with van der Waals surface area (Å²) in [6, 6.07) is 11.3. The summed E-state index contributed by atoms with van der Waals surface area (Å²) >= 11 is 0. The molecule has 142 valence electrons. The van der Waals surface area contributed by atoms with Gasteiger partial charge < -0.3 is 4.90 Å². The Bertz CT molecular complexity index is 807. The van der Waals surface area contributed by atoms with Crippen molar-refractivity contribution in [2.45, 2.75) is 25.6 Å². The number of benzene rings is 1. The second kappa shape index (κ2) is 8.35. The van der Waals surface area contributed by atoms with E-state index in [1.165, 1.54) is 12.3 Å². The minimum absolute atomic E-state index is 0.135. The van der Waals surface area contributed by atoms with E-state index >= 15 is 0 Å². The van der Waals surface area contributed by atoms with E-state index < -0.39 is 12.6 Å². The Morgan fingerprint density at radius 1 is 1.07 bits per heavy atom. The predicted octanol–water partition coefficient (Wildman–Crippen LogP) is 3.17. The van der Waals surface area contributed by atoms with Crippen LogP contribution in [0.4, 0.5) is 19.1 Å². The summed E-state index contributed by atoms with van der Waals surface area (Å²) in [5, 5.41) is 9.19. The largest absolute Gasteiger partial charge is 0.389 e. The molecule has 1 fully saturated rings. The molecule has 3 rings (SSSR count). The minimum Gasteiger partial charge on any atom is -0.338 e. The maximum absolute atomic E-state index is 12.4. The number of hydrogen-bond donors (Lipinski definition) is 0. The molecule has 8 heteroatoms. The predicted molar refractivity (Wildman–Crippen MR) is 95.1 cm³/mol. The Labute approximate surface area is 156 Å².